The maximum Gasteiger partial charge on any atom is 0.271 e. The van der Waals surface area contributed by atoms with Gasteiger partial charge >= 0.3 is 0 Å². The van der Waals surface area contributed by atoms with E-state index < -0.39 is 41.0 Å². The van der Waals surface area contributed by atoms with Crippen molar-refractivity contribution in [2.24, 2.45) is 13.0 Å². The summed E-state index contributed by atoms with van der Waals surface area (Å²) in [6.45, 7) is 8.20. The quantitative estimate of drug-likeness (QED) is 0.279. The summed E-state index contributed by atoms with van der Waals surface area (Å²) >= 11 is 0. The van der Waals surface area contributed by atoms with Crippen LogP contribution in [0.25, 0.3) is 0 Å². The molecule has 3 atom stereocenters. The fourth-order valence-electron chi connectivity index (χ4n) is 6.80. The minimum atomic E-state index is -1.32. The molecule has 0 bridgehead atoms. The largest absolute Gasteiger partial charge is 0.338 e. The summed E-state index contributed by atoms with van der Waals surface area (Å²) in [6.07, 6.45) is 7.27. The number of halogens is 1. The Morgan fingerprint density at radius 3 is 2.35 bits per heavy atom. The molecule has 49 heavy (non-hydrogen) atoms. The molecule has 2 aliphatic rings. The fraction of sp³-hybridized carbons (Fsp3) is 0.559. The van der Waals surface area contributed by atoms with Crippen LogP contribution >= 0.6 is 0 Å². The molecule has 15 heteroatoms. The van der Waals surface area contributed by atoms with Crippen LogP contribution in [-0.4, -0.2) is 103 Å². The van der Waals surface area contributed by atoms with Crippen LogP contribution in [0.5, 0.6) is 0 Å². The Hall–Kier alpha value is -4.66. The molecule has 3 heterocycles. The van der Waals surface area contributed by atoms with Crippen molar-refractivity contribution >= 4 is 29.3 Å². The van der Waals surface area contributed by atoms with Gasteiger partial charge in [0.15, 0.2) is 0 Å². The Morgan fingerprint density at radius 2 is 1.71 bits per heavy atom. The van der Waals surface area contributed by atoms with Gasteiger partial charge in [0, 0.05) is 51.9 Å². The van der Waals surface area contributed by atoms with E-state index in [4.69, 9.17) is 0 Å². The molecule has 264 valence electrons. The van der Waals surface area contributed by atoms with Crippen molar-refractivity contribution in [2.45, 2.75) is 76.9 Å². The van der Waals surface area contributed by atoms with Crippen molar-refractivity contribution in [3.8, 4) is 0 Å². The van der Waals surface area contributed by atoms with E-state index >= 15 is 4.39 Å². The monoisotopic (exact) mass is 678 g/mol. The summed E-state index contributed by atoms with van der Waals surface area (Å²) in [5, 5.41) is 20.3. The highest BCUT2D eigenvalue weighted by Gasteiger charge is 2.44. The number of carbonyl (C=O) groups is 4. The lowest BCUT2D eigenvalue weighted by atomic mass is 9.75. The highest BCUT2D eigenvalue weighted by Crippen LogP contribution is 2.34. The minimum absolute atomic E-state index is 0.0530. The third-order valence-corrected chi connectivity index (χ3v) is 10.1. The molecule has 1 aromatic carbocycles. The van der Waals surface area contributed by atoms with Crippen LogP contribution in [0.3, 0.4) is 0 Å². The van der Waals surface area contributed by atoms with Gasteiger partial charge < -0.3 is 25.8 Å². The number of aromatic nitrogens is 5. The molecule has 1 saturated carbocycles. The number of amides is 4. The van der Waals surface area contributed by atoms with Gasteiger partial charge in [0.05, 0.1) is 11.9 Å². The van der Waals surface area contributed by atoms with Gasteiger partial charge in [-0.15, -0.1) is 5.10 Å². The van der Waals surface area contributed by atoms with Crippen LogP contribution in [0.1, 0.15) is 85.3 Å². The Labute approximate surface area is 285 Å². The van der Waals surface area contributed by atoms with E-state index in [9.17, 15) is 19.2 Å². The Balaban J connectivity index is 1.37. The first-order valence-corrected chi connectivity index (χ1v) is 17.0. The van der Waals surface area contributed by atoms with Gasteiger partial charge in [-0.05, 0) is 63.4 Å². The first kappa shape index (κ1) is 35.6. The zero-order valence-electron chi connectivity index (χ0n) is 28.9. The highest BCUT2D eigenvalue weighted by atomic mass is 19.1. The molecular formula is C34H47FN10O4. The molecule has 4 amide bonds. The predicted octanol–water partition coefficient (Wildman–Crippen LogP) is 2.55. The van der Waals surface area contributed by atoms with Crippen molar-refractivity contribution in [2.75, 3.05) is 38.5 Å². The number of carbonyl (C=O) groups excluding carboxylic acids is 4. The second-order valence-corrected chi connectivity index (χ2v) is 13.3. The first-order chi connectivity index (χ1) is 23.4. The van der Waals surface area contributed by atoms with E-state index in [0.29, 0.717) is 44.0 Å². The molecule has 2 fully saturated rings. The fourth-order valence-corrected chi connectivity index (χ4v) is 6.80. The molecule has 0 spiro atoms. The normalized spacial score (nSPS) is 18.3. The third kappa shape index (κ3) is 7.82. The molecule has 1 aliphatic carbocycles. The average Bonchev–Trinajstić information content (AvgIpc) is 3.77. The molecular weight excluding hydrogens is 631 g/mol. The van der Waals surface area contributed by atoms with Crippen LogP contribution in [-0.2, 0) is 23.2 Å². The van der Waals surface area contributed by atoms with Gasteiger partial charge in [0.2, 0.25) is 11.8 Å². The van der Waals surface area contributed by atoms with Crippen molar-refractivity contribution in [3.05, 3.63) is 59.4 Å². The van der Waals surface area contributed by atoms with E-state index in [-0.39, 0.29) is 23.2 Å². The van der Waals surface area contributed by atoms with Gasteiger partial charge in [-0.1, -0.05) is 37.5 Å². The summed E-state index contributed by atoms with van der Waals surface area (Å²) < 4.78 is 18.7. The molecule has 3 N–H and O–H groups in total. The van der Waals surface area contributed by atoms with E-state index in [1.807, 2.05) is 14.0 Å². The zero-order valence-corrected chi connectivity index (χ0v) is 28.9. The number of piperazine rings is 1. The molecule has 1 aliphatic heterocycles. The van der Waals surface area contributed by atoms with Crippen LogP contribution in [0, 0.1) is 11.7 Å². The lowest BCUT2D eigenvalue weighted by Gasteiger charge is -2.39. The number of aryl methyl sites for hydroxylation is 2. The van der Waals surface area contributed by atoms with Gasteiger partial charge in [-0.3, -0.25) is 23.9 Å². The van der Waals surface area contributed by atoms with Crippen molar-refractivity contribution in [1.82, 2.24) is 45.2 Å². The number of benzene rings is 1. The van der Waals surface area contributed by atoms with Crippen molar-refractivity contribution in [3.63, 3.8) is 0 Å². The third-order valence-electron chi connectivity index (χ3n) is 10.1. The number of anilines is 1. The lowest BCUT2D eigenvalue weighted by Crippen LogP contribution is -2.60. The van der Waals surface area contributed by atoms with Crippen LogP contribution in [0.2, 0.25) is 0 Å². The smallest absolute Gasteiger partial charge is 0.271 e. The Bertz CT molecular complexity index is 1660. The lowest BCUT2D eigenvalue weighted by molar-refractivity contribution is -0.135. The Kier molecular flexibility index (Phi) is 11.1. The van der Waals surface area contributed by atoms with Crippen LogP contribution in [0.4, 0.5) is 10.1 Å². The van der Waals surface area contributed by atoms with Gasteiger partial charge in [0.1, 0.15) is 28.8 Å². The van der Waals surface area contributed by atoms with Gasteiger partial charge in [-0.25, -0.2) is 9.07 Å². The van der Waals surface area contributed by atoms with E-state index in [1.54, 1.807) is 48.8 Å². The maximum atomic E-state index is 15.9. The van der Waals surface area contributed by atoms with Crippen molar-refractivity contribution in [1.29, 1.82) is 0 Å². The number of hydrogen-bond acceptors (Lipinski definition) is 8. The van der Waals surface area contributed by atoms with E-state index in [0.717, 1.165) is 32.1 Å². The number of likely N-dealkylation sites (N-methyl/N-ethyl adjacent to an activating group) is 1. The predicted molar refractivity (Wildman–Crippen MR) is 180 cm³/mol. The molecule has 0 radical (unpaired) electrons. The van der Waals surface area contributed by atoms with E-state index in [1.165, 1.54) is 23.0 Å². The van der Waals surface area contributed by atoms with Crippen LogP contribution < -0.4 is 16.0 Å². The second-order valence-electron chi connectivity index (χ2n) is 13.3. The van der Waals surface area contributed by atoms with E-state index in [2.05, 4.69) is 36.3 Å². The Morgan fingerprint density at radius 1 is 1.00 bits per heavy atom. The maximum absolute atomic E-state index is 15.9. The van der Waals surface area contributed by atoms with Gasteiger partial charge in [-0.2, -0.15) is 5.10 Å². The summed E-state index contributed by atoms with van der Waals surface area (Å²) in [4.78, 5) is 58.3. The van der Waals surface area contributed by atoms with Crippen molar-refractivity contribution < 1.29 is 23.6 Å². The number of rotatable bonds is 11. The molecule has 5 rings (SSSR count). The number of hydrogen-bond donors (Lipinski definition) is 3. The zero-order chi connectivity index (χ0) is 35.3. The first-order valence-electron chi connectivity index (χ1n) is 17.0. The van der Waals surface area contributed by atoms with Crippen LogP contribution in [0.15, 0.2) is 36.7 Å². The minimum Gasteiger partial charge on any atom is -0.338 e. The molecule has 0 unspecified atom stereocenters. The second kappa shape index (κ2) is 15.3. The summed E-state index contributed by atoms with van der Waals surface area (Å²) in [5.41, 5.74) is -0.386. The number of nitrogens with zero attached hydrogens (tertiary/aromatic N) is 7. The van der Waals surface area contributed by atoms with Gasteiger partial charge in [0.25, 0.3) is 11.8 Å². The summed E-state index contributed by atoms with van der Waals surface area (Å²) in [5.74, 6) is -3.22. The summed E-state index contributed by atoms with van der Waals surface area (Å²) in [7, 11) is 3.56. The highest BCUT2D eigenvalue weighted by molar-refractivity contribution is 6.03. The molecule has 2 aromatic heterocycles. The molecule has 14 nitrogen and oxygen atoms in total. The SMILES string of the molecule is CCn1nccc1C(=O)N[C@@](C)(C(=O)Nc1ccc([C@H](C)[C@@H](NC(=O)c2cnnn2C)C(=O)N2CCN(C)CC2)cc1F)C1CCCCC1. The topological polar surface area (TPSA) is 159 Å². The summed E-state index contributed by atoms with van der Waals surface area (Å²) in [6, 6.07) is 4.97. The standard InChI is InChI=1S/C34H47FN10O4/c1-6-45-27(14-15-37-45)31(47)40-34(3,24-10-8-7-9-11-24)33(49)38-26-13-12-23(20-25(26)35)22(2)29(32(48)44-18-16-42(4)17-19-44)39-30(46)28-21-36-41-43(28)5/h12-15,20-22,24,29H,6-11,16-19H2,1-5H3,(H,38,49)(H,39,46)(H,40,47)/t22-,29+,34+/m0/s1. The molecule has 1 saturated heterocycles. The average molecular weight is 679 g/mol. The number of nitrogens with one attached hydrogen (secondary N) is 3. The molecule has 3 aromatic rings.